The Labute approximate surface area is 97.7 Å². The Bertz CT molecular complexity index is 688. The molecule has 1 heterocycles. The van der Waals surface area contributed by atoms with E-state index in [1.807, 2.05) is 0 Å². The summed E-state index contributed by atoms with van der Waals surface area (Å²) in [7, 11) is 0. The molecule has 0 amide bonds. The number of halogens is 3. The number of carboxylic acid groups (broad SMARTS) is 1. The minimum atomic E-state index is -4.74. The molecule has 0 aliphatic rings. The number of carbonyl (C=O) groups is 1. The number of carbonyl (C=O) groups excluding carboxylic acids is 1. The van der Waals surface area contributed by atoms with E-state index in [-0.39, 0.29) is 5.52 Å². The molecule has 0 spiro atoms. The number of rotatable bonds is 1. The fourth-order valence-corrected chi connectivity index (χ4v) is 1.66. The Hall–Kier alpha value is -2.31. The predicted molar refractivity (Wildman–Crippen MR) is 53.9 cm³/mol. The molecule has 0 aliphatic heterocycles. The van der Waals surface area contributed by atoms with Gasteiger partial charge in [0.2, 0.25) is 0 Å². The lowest BCUT2D eigenvalue weighted by Gasteiger charge is -2.11. The Morgan fingerprint density at radius 3 is 2.50 bits per heavy atom. The van der Waals surface area contributed by atoms with Gasteiger partial charge in [-0.05, 0) is 12.1 Å². The van der Waals surface area contributed by atoms with Crippen molar-refractivity contribution in [1.82, 2.24) is 4.98 Å². The van der Waals surface area contributed by atoms with Gasteiger partial charge < -0.3 is 14.9 Å². The maximum Gasteiger partial charge on any atom is 0.417 e. The van der Waals surface area contributed by atoms with Gasteiger partial charge >= 0.3 is 6.18 Å². The van der Waals surface area contributed by atoms with E-state index in [0.717, 1.165) is 18.3 Å². The van der Waals surface area contributed by atoms with E-state index in [0.29, 0.717) is 0 Å². The van der Waals surface area contributed by atoms with Crippen LogP contribution in [0.15, 0.2) is 29.2 Å². The van der Waals surface area contributed by atoms with Gasteiger partial charge in [0.25, 0.3) is 0 Å². The van der Waals surface area contributed by atoms with Crippen molar-refractivity contribution in [3.8, 4) is 0 Å². The third-order valence-corrected chi connectivity index (χ3v) is 2.43. The zero-order valence-corrected chi connectivity index (χ0v) is 8.67. The molecule has 1 aromatic carbocycles. The third-order valence-electron chi connectivity index (χ3n) is 2.43. The molecule has 0 aliphatic carbocycles. The summed E-state index contributed by atoms with van der Waals surface area (Å²) in [6, 6.07) is 3.10. The summed E-state index contributed by atoms with van der Waals surface area (Å²) >= 11 is 0. The van der Waals surface area contributed by atoms with E-state index in [2.05, 4.69) is 4.98 Å². The molecule has 0 fully saturated rings. The molecule has 0 unspecified atom stereocenters. The summed E-state index contributed by atoms with van der Waals surface area (Å²) in [5, 5.41) is 9.91. The van der Waals surface area contributed by atoms with Gasteiger partial charge in [-0.25, -0.2) is 0 Å². The summed E-state index contributed by atoms with van der Waals surface area (Å²) in [6.45, 7) is 0. The SMILES string of the molecule is O=C([O-])c1c[nH]c2cccc(C(F)(F)F)c2c1=O. The number of alkyl halides is 3. The molecule has 1 N–H and O–H groups in total. The molecule has 0 atom stereocenters. The highest BCUT2D eigenvalue weighted by molar-refractivity contribution is 5.92. The van der Waals surface area contributed by atoms with E-state index < -0.39 is 34.1 Å². The summed E-state index contributed by atoms with van der Waals surface area (Å²) in [5.41, 5.74) is -3.31. The van der Waals surface area contributed by atoms with Gasteiger partial charge in [0.05, 0.1) is 22.5 Å². The van der Waals surface area contributed by atoms with E-state index in [1.54, 1.807) is 0 Å². The summed E-state index contributed by atoms with van der Waals surface area (Å²) in [4.78, 5) is 24.6. The van der Waals surface area contributed by atoms with Gasteiger partial charge in [0.1, 0.15) is 0 Å². The number of aromatic carboxylic acids is 1. The third kappa shape index (κ3) is 1.83. The largest absolute Gasteiger partial charge is 0.545 e. The van der Waals surface area contributed by atoms with Crippen LogP contribution in [0.2, 0.25) is 0 Å². The number of H-pyrrole nitrogens is 1. The smallest absolute Gasteiger partial charge is 0.417 e. The van der Waals surface area contributed by atoms with Gasteiger partial charge in [-0.1, -0.05) is 6.07 Å². The molecule has 18 heavy (non-hydrogen) atoms. The van der Waals surface area contributed by atoms with Crippen molar-refractivity contribution in [3.05, 3.63) is 45.7 Å². The fourth-order valence-electron chi connectivity index (χ4n) is 1.66. The van der Waals surface area contributed by atoms with Crippen LogP contribution in [-0.4, -0.2) is 11.0 Å². The number of aromatic nitrogens is 1. The molecule has 0 saturated heterocycles. The van der Waals surface area contributed by atoms with E-state index >= 15 is 0 Å². The second-order valence-corrected chi connectivity index (χ2v) is 3.54. The number of hydrogen-bond acceptors (Lipinski definition) is 3. The number of carboxylic acids is 1. The van der Waals surface area contributed by atoms with Crippen LogP contribution in [0.5, 0.6) is 0 Å². The first-order valence-electron chi connectivity index (χ1n) is 4.75. The number of pyridine rings is 1. The molecule has 0 radical (unpaired) electrons. The Balaban J connectivity index is 2.95. The molecule has 7 heteroatoms. The highest BCUT2D eigenvalue weighted by Gasteiger charge is 2.33. The van der Waals surface area contributed by atoms with Crippen LogP contribution in [0.25, 0.3) is 10.9 Å². The number of nitrogens with one attached hydrogen (secondary N) is 1. The molecule has 0 saturated carbocycles. The minimum absolute atomic E-state index is 0.0835. The average Bonchev–Trinajstić information content (AvgIpc) is 2.27. The van der Waals surface area contributed by atoms with Crippen molar-refractivity contribution in [3.63, 3.8) is 0 Å². The normalized spacial score (nSPS) is 11.7. The van der Waals surface area contributed by atoms with Crippen LogP contribution >= 0.6 is 0 Å². The molecule has 4 nitrogen and oxygen atoms in total. The van der Waals surface area contributed by atoms with Crippen LogP contribution in [0, 0.1) is 0 Å². The highest BCUT2D eigenvalue weighted by atomic mass is 19.4. The van der Waals surface area contributed by atoms with Gasteiger partial charge in [-0.2, -0.15) is 13.2 Å². The maximum absolute atomic E-state index is 12.7. The zero-order chi connectivity index (χ0) is 13.5. The van der Waals surface area contributed by atoms with Gasteiger partial charge in [0, 0.05) is 11.7 Å². The molecule has 2 aromatic rings. The first-order valence-corrected chi connectivity index (χ1v) is 4.75. The second-order valence-electron chi connectivity index (χ2n) is 3.54. The van der Waals surface area contributed by atoms with Gasteiger partial charge in [-0.15, -0.1) is 0 Å². The van der Waals surface area contributed by atoms with Crippen molar-refractivity contribution in [2.24, 2.45) is 0 Å². The molecule has 1 aromatic heterocycles. The number of fused-ring (bicyclic) bond motifs is 1. The van der Waals surface area contributed by atoms with Crippen molar-refractivity contribution >= 4 is 16.9 Å². The number of benzene rings is 1. The van der Waals surface area contributed by atoms with E-state index in [1.165, 1.54) is 6.07 Å². The monoisotopic (exact) mass is 256 g/mol. The van der Waals surface area contributed by atoms with Crippen LogP contribution in [0.3, 0.4) is 0 Å². The lowest BCUT2D eigenvalue weighted by Crippen LogP contribution is -2.29. The van der Waals surface area contributed by atoms with E-state index in [9.17, 15) is 27.9 Å². The van der Waals surface area contributed by atoms with Gasteiger partial charge in [0.15, 0.2) is 5.43 Å². The van der Waals surface area contributed by atoms with Crippen molar-refractivity contribution in [2.75, 3.05) is 0 Å². The Kier molecular flexibility index (Phi) is 2.61. The molecule has 0 bridgehead atoms. The standard InChI is InChI=1S/C11H6F3NO3/c12-11(13,14)6-2-1-3-7-8(6)9(16)5(4-15-7)10(17)18/h1-4H,(H,15,16)(H,17,18)/p-1. The number of aromatic amines is 1. The number of hydrogen-bond donors (Lipinski definition) is 1. The molecular formula is C11H5F3NO3-. The summed E-state index contributed by atoms with van der Waals surface area (Å²) in [5.74, 6) is -1.82. The average molecular weight is 256 g/mol. The second kappa shape index (κ2) is 3.86. The van der Waals surface area contributed by atoms with Crippen LogP contribution < -0.4 is 10.5 Å². The Morgan fingerprint density at radius 1 is 1.28 bits per heavy atom. The quantitative estimate of drug-likeness (QED) is 0.824. The van der Waals surface area contributed by atoms with Crippen LogP contribution in [0.1, 0.15) is 15.9 Å². The first-order chi connectivity index (χ1) is 8.32. The lowest BCUT2D eigenvalue weighted by atomic mass is 10.1. The van der Waals surface area contributed by atoms with Crippen molar-refractivity contribution in [1.29, 1.82) is 0 Å². The van der Waals surface area contributed by atoms with E-state index in [4.69, 9.17) is 0 Å². The highest BCUT2D eigenvalue weighted by Crippen LogP contribution is 2.32. The summed E-state index contributed by atoms with van der Waals surface area (Å²) < 4.78 is 38.1. The van der Waals surface area contributed by atoms with Crippen LogP contribution in [-0.2, 0) is 6.18 Å². The fraction of sp³-hybridized carbons (Fsp3) is 0.0909. The van der Waals surface area contributed by atoms with Crippen LogP contribution in [0.4, 0.5) is 13.2 Å². The predicted octanol–water partition coefficient (Wildman–Crippen LogP) is 0.910. The van der Waals surface area contributed by atoms with Gasteiger partial charge in [-0.3, -0.25) is 4.79 Å². The summed E-state index contributed by atoms with van der Waals surface area (Å²) in [6.07, 6.45) is -3.92. The topological polar surface area (TPSA) is 73.0 Å². The lowest BCUT2D eigenvalue weighted by molar-refractivity contribution is -0.255. The maximum atomic E-state index is 12.7. The molecule has 94 valence electrons. The zero-order valence-electron chi connectivity index (χ0n) is 8.67. The first kappa shape index (κ1) is 12.2. The molecular weight excluding hydrogens is 251 g/mol. The van der Waals surface area contributed by atoms with Crippen molar-refractivity contribution < 1.29 is 23.1 Å². The Morgan fingerprint density at radius 2 is 1.94 bits per heavy atom. The van der Waals surface area contributed by atoms with Crippen molar-refractivity contribution in [2.45, 2.75) is 6.18 Å². The molecule has 2 rings (SSSR count). The minimum Gasteiger partial charge on any atom is -0.545 e.